The molecule has 0 radical (unpaired) electrons. The summed E-state index contributed by atoms with van der Waals surface area (Å²) < 4.78 is 30.0. The zero-order chi connectivity index (χ0) is 29.7. The van der Waals surface area contributed by atoms with Crippen molar-refractivity contribution in [2.75, 3.05) is 26.7 Å². The first kappa shape index (κ1) is 30.3. The van der Waals surface area contributed by atoms with Crippen LogP contribution in [0.5, 0.6) is 11.5 Å². The molecule has 8 nitrogen and oxygen atoms in total. The third kappa shape index (κ3) is 9.46. The minimum Gasteiger partial charge on any atom is -0.496 e. The Labute approximate surface area is 245 Å². The fraction of sp³-hybridized carbons (Fsp3) is 0.303. The molecule has 42 heavy (non-hydrogen) atoms. The molecule has 0 saturated carbocycles. The lowest BCUT2D eigenvalue weighted by atomic mass is 10.1. The van der Waals surface area contributed by atoms with Crippen molar-refractivity contribution >= 4 is 18.0 Å². The highest BCUT2D eigenvalue weighted by molar-refractivity contribution is 5.92. The summed E-state index contributed by atoms with van der Waals surface area (Å²) in [5.74, 6) is 0.0627. The normalized spacial score (nSPS) is 14.6. The van der Waals surface area contributed by atoms with Gasteiger partial charge in [-0.15, -0.1) is 0 Å². The topological polar surface area (TPSA) is 101 Å². The van der Waals surface area contributed by atoms with Crippen LogP contribution < -0.4 is 14.8 Å². The molecule has 0 aromatic heterocycles. The van der Waals surface area contributed by atoms with Gasteiger partial charge in [0.2, 0.25) is 5.91 Å². The molecule has 1 unspecified atom stereocenters. The smallest absolute Gasteiger partial charge is 0.308 e. The molecular weight excluding hydrogens is 537 g/mol. The summed E-state index contributed by atoms with van der Waals surface area (Å²) in [6, 6.07) is 21.9. The summed E-state index contributed by atoms with van der Waals surface area (Å²) in [6.07, 6.45) is 4.46. The van der Waals surface area contributed by atoms with E-state index in [2.05, 4.69) is 16.3 Å². The predicted molar refractivity (Wildman–Crippen MR) is 156 cm³/mol. The van der Waals surface area contributed by atoms with E-state index in [1.807, 2.05) is 30.3 Å². The van der Waals surface area contributed by atoms with Gasteiger partial charge < -0.3 is 24.4 Å². The largest absolute Gasteiger partial charge is 0.496 e. The van der Waals surface area contributed by atoms with Crippen LogP contribution in [0, 0.1) is 17.1 Å². The van der Waals surface area contributed by atoms with Crippen LogP contribution in [-0.2, 0) is 20.9 Å². The number of nitrogens with zero attached hydrogens (tertiary/aromatic N) is 2. The minimum absolute atomic E-state index is 0.00215. The van der Waals surface area contributed by atoms with E-state index in [4.69, 9.17) is 14.2 Å². The summed E-state index contributed by atoms with van der Waals surface area (Å²) in [5.41, 5.74) is 1.92. The maximum absolute atomic E-state index is 13.2. The van der Waals surface area contributed by atoms with Gasteiger partial charge in [-0.05, 0) is 66.9 Å². The number of benzene rings is 3. The quantitative estimate of drug-likeness (QED) is 0.244. The van der Waals surface area contributed by atoms with Crippen LogP contribution in [0.1, 0.15) is 36.0 Å². The number of amides is 1. The van der Waals surface area contributed by atoms with E-state index in [0.29, 0.717) is 42.3 Å². The number of esters is 1. The first-order valence-electron chi connectivity index (χ1n) is 13.8. The second-order valence-corrected chi connectivity index (χ2v) is 10.0. The standard InChI is InChI=1S/C33H34FN3O5/c1-40-31-13-7-25(21-35)19-26(31)8-14-32(38)36-28(20-33(39)41-23-24-5-3-2-4-6-24)22-37-17-15-30(16-18-37)42-29-11-9-27(34)10-12-29/h2-14,19,28,30H,15-18,20,22-23H2,1H3,(H,36,38). The highest BCUT2D eigenvalue weighted by Crippen LogP contribution is 2.22. The van der Waals surface area contributed by atoms with Crippen molar-refractivity contribution < 1.29 is 28.2 Å². The van der Waals surface area contributed by atoms with Gasteiger partial charge in [0.15, 0.2) is 0 Å². The molecule has 3 aromatic carbocycles. The Hall–Kier alpha value is -4.68. The second kappa shape index (κ2) is 15.4. The molecule has 1 aliphatic rings. The second-order valence-electron chi connectivity index (χ2n) is 10.0. The number of hydrogen-bond donors (Lipinski definition) is 1. The van der Waals surface area contributed by atoms with Gasteiger partial charge >= 0.3 is 5.97 Å². The van der Waals surface area contributed by atoms with Gasteiger partial charge in [-0.2, -0.15) is 5.26 Å². The number of nitrogens with one attached hydrogen (secondary N) is 1. The van der Waals surface area contributed by atoms with Gasteiger partial charge in [0.05, 0.1) is 31.2 Å². The number of hydrogen-bond acceptors (Lipinski definition) is 7. The first-order chi connectivity index (χ1) is 20.4. The first-order valence-corrected chi connectivity index (χ1v) is 13.8. The zero-order valence-corrected chi connectivity index (χ0v) is 23.5. The monoisotopic (exact) mass is 571 g/mol. The molecule has 0 spiro atoms. The molecule has 1 heterocycles. The fourth-order valence-electron chi connectivity index (χ4n) is 4.74. The molecule has 1 fully saturated rings. The maximum atomic E-state index is 13.2. The highest BCUT2D eigenvalue weighted by atomic mass is 19.1. The number of piperidine rings is 1. The average molecular weight is 572 g/mol. The van der Waals surface area contributed by atoms with E-state index >= 15 is 0 Å². The van der Waals surface area contributed by atoms with Gasteiger partial charge in [-0.3, -0.25) is 9.59 Å². The van der Waals surface area contributed by atoms with Crippen molar-refractivity contribution in [3.05, 3.63) is 101 Å². The lowest BCUT2D eigenvalue weighted by molar-refractivity contribution is -0.145. The average Bonchev–Trinajstić information content (AvgIpc) is 3.01. The summed E-state index contributed by atoms with van der Waals surface area (Å²) in [5, 5.41) is 12.2. The minimum atomic E-state index is -0.493. The fourth-order valence-corrected chi connectivity index (χ4v) is 4.74. The van der Waals surface area contributed by atoms with E-state index in [0.717, 1.165) is 18.4 Å². The van der Waals surface area contributed by atoms with Crippen LogP contribution in [0.15, 0.2) is 78.9 Å². The van der Waals surface area contributed by atoms with Crippen LogP contribution in [0.4, 0.5) is 4.39 Å². The number of halogens is 1. The Morgan fingerprint density at radius 1 is 1.10 bits per heavy atom. The van der Waals surface area contributed by atoms with Crippen LogP contribution in [-0.4, -0.2) is 55.7 Å². The third-order valence-electron chi connectivity index (χ3n) is 6.90. The molecule has 4 rings (SSSR count). The molecular formula is C33H34FN3O5. The Kier molecular flexibility index (Phi) is 11.1. The van der Waals surface area contributed by atoms with Gasteiger partial charge in [0.1, 0.15) is 30.0 Å². The molecule has 1 saturated heterocycles. The molecule has 1 amide bonds. The van der Waals surface area contributed by atoms with Crippen LogP contribution in [0.2, 0.25) is 0 Å². The Morgan fingerprint density at radius 3 is 2.52 bits per heavy atom. The van der Waals surface area contributed by atoms with Crippen molar-refractivity contribution in [2.45, 2.75) is 38.0 Å². The van der Waals surface area contributed by atoms with Crippen LogP contribution in [0.25, 0.3) is 6.08 Å². The summed E-state index contributed by atoms with van der Waals surface area (Å²) in [7, 11) is 1.52. The number of likely N-dealkylation sites (tertiary alicyclic amines) is 1. The van der Waals surface area contributed by atoms with E-state index in [1.165, 1.54) is 25.3 Å². The molecule has 1 atom stereocenters. The maximum Gasteiger partial charge on any atom is 0.308 e. The molecule has 9 heteroatoms. The number of carbonyl (C=O) groups excluding carboxylic acids is 2. The van der Waals surface area contributed by atoms with E-state index in [9.17, 15) is 19.2 Å². The molecule has 218 valence electrons. The number of methoxy groups -OCH3 is 1. The lowest BCUT2D eigenvalue weighted by Crippen LogP contribution is -2.48. The number of rotatable bonds is 12. The van der Waals surface area contributed by atoms with Gasteiger partial charge in [-0.25, -0.2) is 4.39 Å². The lowest BCUT2D eigenvalue weighted by Gasteiger charge is -2.34. The molecule has 3 aromatic rings. The third-order valence-corrected chi connectivity index (χ3v) is 6.90. The van der Waals surface area contributed by atoms with Crippen molar-refractivity contribution in [3.63, 3.8) is 0 Å². The molecule has 1 N–H and O–H groups in total. The van der Waals surface area contributed by atoms with Crippen LogP contribution >= 0.6 is 0 Å². The van der Waals surface area contributed by atoms with Crippen molar-refractivity contribution in [1.82, 2.24) is 10.2 Å². The Morgan fingerprint density at radius 2 is 1.83 bits per heavy atom. The van der Waals surface area contributed by atoms with E-state index in [-0.39, 0.29) is 30.9 Å². The Balaban J connectivity index is 1.36. The summed E-state index contributed by atoms with van der Waals surface area (Å²) in [6.45, 7) is 2.04. The van der Waals surface area contributed by atoms with Crippen LogP contribution in [0.3, 0.4) is 0 Å². The SMILES string of the molecule is COc1ccc(C#N)cc1C=CC(=O)NC(CC(=O)OCc1ccccc1)CN1CCC(Oc2ccc(F)cc2)CC1. The van der Waals surface area contributed by atoms with Gasteiger partial charge in [0, 0.05) is 31.3 Å². The number of carbonyl (C=O) groups is 2. The van der Waals surface area contributed by atoms with E-state index in [1.54, 1.807) is 36.4 Å². The number of ether oxygens (including phenoxy) is 3. The predicted octanol–water partition coefficient (Wildman–Crippen LogP) is 4.88. The van der Waals surface area contributed by atoms with Gasteiger partial charge in [-0.1, -0.05) is 30.3 Å². The summed E-state index contributed by atoms with van der Waals surface area (Å²) >= 11 is 0. The Bertz CT molecular complexity index is 1400. The van der Waals surface area contributed by atoms with Gasteiger partial charge in [0.25, 0.3) is 0 Å². The summed E-state index contributed by atoms with van der Waals surface area (Å²) in [4.78, 5) is 27.9. The number of nitriles is 1. The van der Waals surface area contributed by atoms with Crippen molar-refractivity contribution in [1.29, 1.82) is 5.26 Å². The van der Waals surface area contributed by atoms with Crippen molar-refractivity contribution in [3.8, 4) is 17.6 Å². The zero-order valence-electron chi connectivity index (χ0n) is 23.5. The van der Waals surface area contributed by atoms with E-state index < -0.39 is 12.0 Å². The highest BCUT2D eigenvalue weighted by Gasteiger charge is 2.25. The van der Waals surface area contributed by atoms with Crippen molar-refractivity contribution in [2.24, 2.45) is 0 Å². The molecule has 1 aliphatic heterocycles. The molecule has 0 aliphatic carbocycles. The molecule has 0 bridgehead atoms.